The third-order valence-electron chi connectivity index (χ3n) is 13.4. The fraction of sp³-hybridized carbons (Fsp3) is 0.800. The van der Waals surface area contributed by atoms with E-state index in [-0.39, 0.29) is 19.4 Å². The average molecular weight is 1000 g/mol. The van der Waals surface area contributed by atoms with E-state index in [4.69, 9.17) is 14.2 Å². The summed E-state index contributed by atoms with van der Waals surface area (Å²) in [5, 5.41) is 56.7. The van der Waals surface area contributed by atoms with Gasteiger partial charge in [-0.25, -0.2) is 0 Å². The molecule has 1 heterocycles. The van der Waals surface area contributed by atoms with E-state index in [1.54, 1.807) is 12.2 Å². The minimum atomic E-state index is -1.63. The number of aliphatic hydroxyl groups is 5. The van der Waals surface area contributed by atoms with Gasteiger partial charge in [-0.2, -0.15) is 0 Å². The number of hydrogen-bond acceptors (Lipinski definition) is 10. The molecule has 11 nitrogen and oxygen atoms in total. The number of nitrogens with one attached hydrogen (secondary N) is 1. The molecule has 1 amide bonds. The molecule has 1 aliphatic rings. The number of carbonyl (C=O) groups excluding carboxylic acids is 2. The normalized spacial score (nSPS) is 20.0. The molecule has 0 aromatic heterocycles. The van der Waals surface area contributed by atoms with E-state index in [0.717, 1.165) is 64.2 Å². The lowest BCUT2D eigenvalue weighted by atomic mass is 9.99. The van der Waals surface area contributed by atoms with Gasteiger partial charge in [0.2, 0.25) is 5.91 Å². The summed E-state index contributed by atoms with van der Waals surface area (Å²) in [5.74, 6) is -1.27. The van der Waals surface area contributed by atoms with Crippen molar-refractivity contribution in [1.29, 1.82) is 0 Å². The van der Waals surface area contributed by atoms with Crippen molar-refractivity contribution >= 4 is 11.9 Å². The average Bonchev–Trinajstić information content (AvgIpc) is 3.37. The number of unbranched alkanes of at least 4 members (excludes halogenated alkanes) is 27. The molecular formula is C60H107NO10. The number of esters is 1. The number of aliphatic hydroxyl groups excluding tert-OH is 5. The first-order valence-corrected chi connectivity index (χ1v) is 29.1. The molecule has 1 aliphatic heterocycles. The number of amides is 1. The van der Waals surface area contributed by atoms with Gasteiger partial charge in [-0.1, -0.05) is 223 Å². The minimum Gasteiger partial charge on any atom is -0.454 e. The van der Waals surface area contributed by atoms with Gasteiger partial charge in [-0.3, -0.25) is 9.59 Å². The molecule has 0 spiro atoms. The van der Waals surface area contributed by atoms with Crippen molar-refractivity contribution in [1.82, 2.24) is 5.32 Å². The molecule has 412 valence electrons. The molecule has 0 aromatic rings. The molecule has 11 heteroatoms. The van der Waals surface area contributed by atoms with Crippen LogP contribution in [-0.2, 0) is 23.8 Å². The highest BCUT2D eigenvalue weighted by Gasteiger charge is 2.47. The summed E-state index contributed by atoms with van der Waals surface area (Å²) in [5.41, 5.74) is 0. The standard InChI is InChI=1S/C60H107NO10/c1-4-7-10-13-16-19-22-25-26-27-28-30-33-36-39-42-45-48-55(65)71-58-57(67)56(66)54(49-62)70-60(58)69-50-51(52(63)46-43-40-37-34-32-29-23-20-17-14-11-8-5-2)61-59(68)53(64)47-44-41-38-35-31-24-21-18-15-12-9-6-3/h16,19,25-26,31,35,41,43-44,46,51-54,56-58,60,62-64,66-67H,4-15,17-18,20-24,27-30,32-34,36-40,42,45,47-50H2,1-3H3,(H,61,68)/b19-16-,26-25-,35-31-,44-41+,46-43+. The summed E-state index contributed by atoms with van der Waals surface area (Å²) in [6.45, 7) is 5.70. The van der Waals surface area contributed by atoms with E-state index in [1.807, 2.05) is 12.2 Å². The Kier molecular flexibility index (Phi) is 45.2. The van der Waals surface area contributed by atoms with Gasteiger partial charge in [0, 0.05) is 12.8 Å². The molecular weight excluding hydrogens is 895 g/mol. The van der Waals surface area contributed by atoms with Gasteiger partial charge in [0.15, 0.2) is 12.4 Å². The molecule has 0 radical (unpaired) electrons. The van der Waals surface area contributed by atoms with E-state index < -0.39 is 67.4 Å². The predicted octanol–water partition coefficient (Wildman–Crippen LogP) is 13.1. The quantitative estimate of drug-likeness (QED) is 0.0196. The summed E-state index contributed by atoms with van der Waals surface area (Å²) in [6, 6.07) is -1.06. The number of ether oxygens (including phenoxy) is 3. The molecule has 8 unspecified atom stereocenters. The van der Waals surface area contributed by atoms with E-state index in [9.17, 15) is 35.1 Å². The highest BCUT2D eigenvalue weighted by Crippen LogP contribution is 2.26. The van der Waals surface area contributed by atoms with Crippen molar-refractivity contribution in [3.63, 3.8) is 0 Å². The van der Waals surface area contributed by atoms with E-state index in [1.165, 1.54) is 135 Å². The van der Waals surface area contributed by atoms with Crippen LogP contribution in [0.4, 0.5) is 0 Å². The summed E-state index contributed by atoms with van der Waals surface area (Å²) < 4.78 is 17.5. The van der Waals surface area contributed by atoms with E-state index in [0.29, 0.717) is 12.8 Å². The maximum Gasteiger partial charge on any atom is 0.306 e. The number of allylic oxidation sites excluding steroid dienone is 8. The van der Waals surface area contributed by atoms with Crippen LogP contribution < -0.4 is 5.32 Å². The molecule has 1 rings (SSSR count). The summed E-state index contributed by atoms with van der Waals surface area (Å²) in [7, 11) is 0. The molecule has 71 heavy (non-hydrogen) atoms. The van der Waals surface area contributed by atoms with Crippen molar-refractivity contribution in [2.45, 2.75) is 294 Å². The lowest BCUT2D eigenvalue weighted by Gasteiger charge is -2.41. The Bertz CT molecular complexity index is 1380. The Hall–Kier alpha value is -2.64. The second-order valence-electron chi connectivity index (χ2n) is 20.0. The third kappa shape index (κ3) is 36.9. The number of rotatable bonds is 48. The zero-order chi connectivity index (χ0) is 51.8. The molecule has 0 aliphatic carbocycles. The Labute approximate surface area is 433 Å². The van der Waals surface area contributed by atoms with Crippen molar-refractivity contribution in [3.8, 4) is 0 Å². The summed E-state index contributed by atoms with van der Waals surface area (Å²) in [6.07, 6.45) is 48.5. The van der Waals surface area contributed by atoms with Gasteiger partial charge in [0.1, 0.15) is 24.4 Å². The highest BCUT2D eigenvalue weighted by molar-refractivity contribution is 5.81. The molecule has 0 aromatic carbocycles. The Morgan fingerprint density at radius 3 is 1.46 bits per heavy atom. The van der Waals surface area contributed by atoms with Gasteiger partial charge in [-0.15, -0.1) is 0 Å². The second kappa shape index (κ2) is 48.3. The lowest BCUT2D eigenvalue weighted by molar-refractivity contribution is -0.305. The minimum absolute atomic E-state index is 0.0804. The van der Waals surface area contributed by atoms with Gasteiger partial charge in [0.25, 0.3) is 0 Å². The molecule has 8 atom stereocenters. The van der Waals surface area contributed by atoms with Crippen LogP contribution in [0.2, 0.25) is 0 Å². The topological polar surface area (TPSA) is 175 Å². The van der Waals surface area contributed by atoms with Crippen LogP contribution in [0.25, 0.3) is 0 Å². The molecule has 1 fully saturated rings. The Balaban J connectivity index is 2.76. The van der Waals surface area contributed by atoms with Gasteiger partial charge in [0.05, 0.1) is 25.4 Å². The third-order valence-corrected chi connectivity index (χ3v) is 13.4. The Morgan fingerprint density at radius 1 is 0.549 bits per heavy atom. The van der Waals surface area contributed by atoms with Crippen LogP contribution in [-0.4, -0.2) is 99.6 Å². The second-order valence-corrected chi connectivity index (χ2v) is 20.0. The number of hydrogen-bond donors (Lipinski definition) is 6. The maximum absolute atomic E-state index is 13.3. The highest BCUT2D eigenvalue weighted by atomic mass is 16.7. The van der Waals surface area contributed by atoms with E-state index >= 15 is 0 Å². The first-order valence-electron chi connectivity index (χ1n) is 29.1. The Morgan fingerprint density at radius 2 is 0.972 bits per heavy atom. The fourth-order valence-electron chi connectivity index (χ4n) is 8.72. The monoisotopic (exact) mass is 1000 g/mol. The van der Waals surface area contributed by atoms with Crippen molar-refractivity contribution < 1.29 is 49.3 Å². The molecule has 1 saturated heterocycles. The van der Waals surface area contributed by atoms with Crippen molar-refractivity contribution in [3.05, 3.63) is 60.8 Å². The van der Waals surface area contributed by atoms with Crippen LogP contribution >= 0.6 is 0 Å². The lowest BCUT2D eigenvalue weighted by Crippen LogP contribution is -2.61. The fourth-order valence-corrected chi connectivity index (χ4v) is 8.72. The van der Waals surface area contributed by atoms with Crippen LogP contribution in [0, 0.1) is 0 Å². The van der Waals surface area contributed by atoms with Crippen molar-refractivity contribution in [2.24, 2.45) is 0 Å². The molecule has 6 N–H and O–H groups in total. The SMILES string of the molecule is CCCCC/C=C\C/C=C\CCCCCCCCCC(=O)OC1C(OCC(NC(=O)C(O)C/C=C/C/C=C\CCCCCCCC)C(O)/C=C/CCCCCCCCCCCCC)OC(CO)C(O)C1O. The van der Waals surface area contributed by atoms with Crippen LogP contribution in [0.3, 0.4) is 0 Å². The molecule has 0 saturated carbocycles. The first-order chi connectivity index (χ1) is 34.7. The summed E-state index contributed by atoms with van der Waals surface area (Å²) >= 11 is 0. The van der Waals surface area contributed by atoms with Gasteiger partial charge in [-0.05, 0) is 70.6 Å². The molecule has 0 bridgehead atoms. The van der Waals surface area contributed by atoms with Crippen molar-refractivity contribution in [2.75, 3.05) is 13.2 Å². The van der Waals surface area contributed by atoms with Crippen LogP contribution in [0.1, 0.15) is 245 Å². The zero-order valence-corrected chi connectivity index (χ0v) is 45.3. The zero-order valence-electron chi connectivity index (χ0n) is 45.3. The van der Waals surface area contributed by atoms with Crippen LogP contribution in [0.15, 0.2) is 60.8 Å². The predicted molar refractivity (Wildman–Crippen MR) is 292 cm³/mol. The van der Waals surface area contributed by atoms with Gasteiger partial charge < -0.3 is 45.1 Å². The van der Waals surface area contributed by atoms with E-state index in [2.05, 4.69) is 62.5 Å². The largest absolute Gasteiger partial charge is 0.454 e. The maximum atomic E-state index is 13.3. The summed E-state index contributed by atoms with van der Waals surface area (Å²) in [4.78, 5) is 26.4. The van der Waals surface area contributed by atoms with Crippen LogP contribution in [0.5, 0.6) is 0 Å². The van der Waals surface area contributed by atoms with Gasteiger partial charge >= 0.3 is 5.97 Å². The first kappa shape index (κ1) is 66.4. The number of carbonyl (C=O) groups is 2. The smallest absolute Gasteiger partial charge is 0.306 e.